The van der Waals surface area contributed by atoms with Gasteiger partial charge in [-0.15, -0.1) is 0 Å². The van der Waals surface area contributed by atoms with Crippen molar-refractivity contribution in [1.29, 1.82) is 0 Å². The number of nitrogens with zero attached hydrogens (tertiary/aromatic N) is 2. The van der Waals surface area contributed by atoms with E-state index in [4.69, 9.17) is 5.73 Å². The van der Waals surface area contributed by atoms with E-state index in [1.54, 1.807) is 12.1 Å². The first-order valence-corrected chi connectivity index (χ1v) is 9.96. The van der Waals surface area contributed by atoms with Gasteiger partial charge in [0.25, 0.3) is 5.69 Å². The van der Waals surface area contributed by atoms with Gasteiger partial charge in [0.1, 0.15) is 0 Å². The molecule has 2 atom stereocenters. The lowest BCUT2D eigenvalue weighted by atomic mass is 9.43. The molecule has 0 aromatic heterocycles. The summed E-state index contributed by atoms with van der Waals surface area (Å²) in [5.41, 5.74) is 8.02. The van der Waals surface area contributed by atoms with Crippen LogP contribution < -0.4 is 5.73 Å². The summed E-state index contributed by atoms with van der Waals surface area (Å²) in [5.74, 6) is 1.84. The van der Waals surface area contributed by atoms with Crippen molar-refractivity contribution in [2.24, 2.45) is 33.4 Å². The minimum atomic E-state index is -0.370. The van der Waals surface area contributed by atoms with Gasteiger partial charge in [-0.25, -0.2) is 0 Å². The molecule has 4 aliphatic rings. The number of nitro benzene ring substituents is 1. The van der Waals surface area contributed by atoms with Gasteiger partial charge in [0.2, 0.25) is 0 Å². The summed E-state index contributed by atoms with van der Waals surface area (Å²) >= 11 is 0. The van der Waals surface area contributed by atoms with Crippen LogP contribution in [0.5, 0.6) is 0 Å². The SMILES string of the molecule is NCCC12CC3CC(C1)CC(CCN=Cc1ccc([N+](=O)[O-])cc1)(C3)C2. The van der Waals surface area contributed by atoms with E-state index in [2.05, 4.69) is 4.99 Å². The first-order valence-electron chi connectivity index (χ1n) is 9.96. The van der Waals surface area contributed by atoms with Gasteiger partial charge in [-0.3, -0.25) is 15.1 Å². The molecule has 0 spiro atoms. The highest BCUT2D eigenvalue weighted by Gasteiger charge is 2.56. The predicted octanol–water partition coefficient (Wildman–Crippen LogP) is 4.34. The van der Waals surface area contributed by atoms with E-state index >= 15 is 0 Å². The van der Waals surface area contributed by atoms with Crippen LogP contribution in [0, 0.1) is 32.8 Å². The van der Waals surface area contributed by atoms with Crippen molar-refractivity contribution in [3.63, 3.8) is 0 Å². The number of nitrogens with two attached hydrogens (primary N) is 1. The lowest BCUT2D eigenvalue weighted by molar-refractivity contribution is -0.384. The molecule has 1 aromatic rings. The van der Waals surface area contributed by atoms with Crippen molar-refractivity contribution in [2.75, 3.05) is 13.1 Å². The molecule has 4 aliphatic carbocycles. The fraction of sp³-hybridized carbons (Fsp3) is 0.667. The van der Waals surface area contributed by atoms with Gasteiger partial charge >= 0.3 is 0 Å². The third kappa shape index (κ3) is 3.41. The molecule has 2 N–H and O–H groups in total. The normalized spacial score (nSPS) is 35.3. The molecule has 4 fully saturated rings. The Balaban J connectivity index is 1.37. The average molecular weight is 355 g/mol. The summed E-state index contributed by atoms with van der Waals surface area (Å²) in [6, 6.07) is 6.61. The van der Waals surface area contributed by atoms with E-state index in [9.17, 15) is 10.1 Å². The maximum absolute atomic E-state index is 10.7. The van der Waals surface area contributed by atoms with Gasteiger partial charge in [0.15, 0.2) is 0 Å². The van der Waals surface area contributed by atoms with Crippen LogP contribution >= 0.6 is 0 Å². The Morgan fingerprint density at radius 1 is 1.12 bits per heavy atom. The maximum Gasteiger partial charge on any atom is 0.269 e. The topological polar surface area (TPSA) is 81.5 Å². The summed E-state index contributed by atoms with van der Waals surface area (Å²) in [5, 5.41) is 10.7. The van der Waals surface area contributed by atoms with Crippen LogP contribution in [0.1, 0.15) is 56.9 Å². The highest BCUT2D eigenvalue weighted by Crippen LogP contribution is 2.67. The first kappa shape index (κ1) is 17.7. The van der Waals surface area contributed by atoms with Crippen molar-refractivity contribution in [3.8, 4) is 0 Å². The molecular weight excluding hydrogens is 326 g/mol. The van der Waals surface area contributed by atoms with E-state index < -0.39 is 0 Å². The average Bonchev–Trinajstić information content (AvgIpc) is 2.58. The number of rotatable bonds is 7. The molecular formula is C21H29N3O2. The molecule has 5 nitrogen and oxygen atoms in total. The summed E-state index contributed by atoms with van der Waals surface area (Å²) in [4.78, 5) is 15.0. The Bertz CT molecular complexity index is 684. The van der Waals surface area contributed by atoms with Gasteiger partial charge in [0, 0.05) is 24.9 Å². The second-order valence-electron chi connectivity index (χ2n) is 9.13. The van der Waals surface area contributed by atoms with Crippen LogP contribution in [0.3, 0.4) is 0 Å². The molecule has 5 rings (SSSR count). The number of hydrogen-bond acceptors (Lipinski definition) is 4. The minimum absolute atomic E-state index is 0.126. The van der Waals surface area contributed by atoms with Gasteiger partial charge in [-0.2, -0.15) is 0 Å². The first-order chi connectivity index (χ1) is 12.5. The summed E-state index contributed by atoms with van der Waals surface area (Å²) < 4.78 is 0. The Kier molecular flexibility index (Phi) is 4.59. The molecule has 0 aliphatic heterocycles. The lowest BCUT2D eigenvalue weighted by Gasteiger charge is -2.62. The molecule has 0 amide bonds. The van der Waals surface area contributed by atoms with Crippen LogP contribution in [-0.2, 0) is 0 Å². The van der Waals surface area contributed by atoms with E-state index in [0.29, 0.717) is 10.8 Å². The number of nitro groups is 1. The van der Waals surface area contributed by atoms with Crippen molar-refractivity contribution in [3.05, 3.63) is 39.9 Å². The van der Waals surface area contributed by atoms with E-state index in [-0.39, 0.29) is 10.6 Å². The van der Waals surface area contributed by atoms with Gasteiger partial charge < -0.3 is 5.73 Å². The Labute approximate surface area is 155 Å². The van der Waals surface area contributed by atoms with Crippen molar-refractivity contribution >= 4 is 11.9 Å². The molecule has 2 unspecified atom stereocenters. The Hall–Kier alpha value is -1.75. The summed E-state index contributed by atoms with van der Waals surface area (Å²) in [7, 11) is 0. The number of benzene rings is 1. The third-order valence-corrected chi connectivity index (χ3v) is 7.09. The highest BCUT2D eigenvalue weighted by atomic mass is 16.6. The zero-order valence-corrected chi connectivity index (χ0v) is 15.4. The van der Waals surface area contributed by atoms with Crippen LogP contribution in [0.2, 0.25) is 0 Å². The van der Waals surface area contributed by atoms with Crippen LogP contribution in [0.4, 0.5) is 5.69 Å². The molecule has 4 bridgehead atoms. The maximum atomic E-state index is 10.7. The number of non-ortho nitro benzene ring substituents is 1. The van der Waals surface area contributed by atoms with Crippen LogP contribution in [-0.4, -0.2) is 24.2 Å². The standard InChI is InChI=1S/C21H29N3O2/c22-7-5-20-10-17-9-18(11-20)13-21(12-17,15-20)6-8-23-14-16-1-3-19(4-2-16)24(25)26/h1-4,14,17-18H,5-13,15,22H2. The molecule has 4 saturated carbocycles. The van der Waals surface area contributed by atoms with Crippen LogP contribution in [0.25, 0.3) is 0 Å². The molecule has 0 saturated heterocycles. The fourth-order valence-electron chi connectivity index (χ4n) is 6.69. The summed E-state index contributed by atoms with van der Waals surface area (Å²) in [6.07, 6.45) is 12.6. The third-order valence-electron chi connectivity index (χ3n) is 7.09. The Morgan fingerprint density at radius 3 is 2.31 bits per heavy atom. The highest BCUT2D eigenvalue weighted by molar-refractivity contribution is 5.79. The quantitative estimate of drug-likeness (QED) is 0.449. The van der Waals surface area contributed by atoms with Crippen molar-refractivity contribution in [1.82, 2.24) is 0 Å². The van der Waals surface area contributed by atoms with E-state index in [1.807, 2.05) is 6.21 Å². The van der Waals surface area contributed by atoms with Gasteiger partial charge in [-0.1, -0.05) is 0 Å². The molecule has 0 radical (unpaired) electrons. The van der Waals surface area contributed by atoms with Crippen LogP contribution in [0.15, 0.2) is 29.3 Å². The second kappa shape index (κ2) is 6.76. The smallest absolute Gasteiger partial charge is 0.269 e. The molecule has 26 heavy (non-hydrogen) atoms. The largest absolute Gasteiger partial charge is 0.330 e. The Morgan fingerprint density at radius 2 is 1.73 bits per heavy atom. The van der Waals surface area contributed by atoms with E-state index in [0.717, 1.165) is 30.5 Å². The van der Waals surface area contributed by atoms with Gasteiger partial charge in [0.05, 0.1) is 4.92 Å². The van der Waals surface area contributed by atoms with Gasteiger partial charge in [-0.05, 0) is 98.3 Å². The van der Waals surface area contributed by atoms with Crippen molar-refractivity contribution < 1.29 is 4.92 Å². The molecule has 1 aromatic carbocycles. The minimum Gasteiger partial charge on any atom is -0.330 e. The lowest BCUT2D eigenvalue weighted by Crippen LogP contribution is -2.52. The van der Waals surface area contributed by atoms with E-state index in [1.165, 1.54) is 63.5 Å². The van der Waals surface area contributed by atoms with Crippen molar-refractivity contribution in [2.45, 2.75) is 51.4 Å². The fourth-order valence-corrected chi connectivity index (χ4v) is 6.69. The second-order valence-corrected chi connectivity index (χ2v) is 9.13. The number of aliphatic imine (C=N–C) groups is 1. The summed E-state index contributed by atoms with van der Waals surface area (Å²) in [6.45, 7) is 1.68. The molecule has 5 heteroatoms. The molecule has 140 valence electrons. The predicted molar refractivity (Wildman–Crippen MR) is 103 cm³/mol. The zero-order valence-electron chi connectivity index (χ0n) is 15.4. The zero-order chi connectivity index (χ0) is 18.2. The number of hydrogen-bond donors (Lipinski definition) is 1. The molecule has 0 heterocycles. The monoisotopic (exact) mass is 355 g/mol.